The zero-order valence-electron chi connectivity index (χ0n) is 12.9. The predicted octanol–water partition coefficient (Wildman–Crippen LogP) is 2.15. The lowest BCUT2D eigenvalue weighted by atomic mass is 10.2. The largest absolute Gasteiger partial charge is 0.343 e. The molecule has 2 aromatic rings. The molecule has 0 unspecified atom stereocenters. The van der Waals surface area contributed by atoms with Crippen molar-refractivity contribution in [3.05, 3.63) is 59.9 Å². The van der Waals surface area contributed by atoms with Crippen LogP contribution in [0.2, 0.25) is 0 Å². The molecule has 0 aromatic heterocycles. The fourth-order valence-electron chi connectivity index (χ4n) is 1.95. The molecule has 0 aliphatic heterocycles. The average molecular weight is 329 g/mol. The summed E-state index contributed by atoms with van der Waals surface area (Å²) in [6, 6.07) is 12.0. The van der Waals surface area contributed by atoms with Gasteiger partial charge in [0.05, 0.1) is 12.1 Å². The second kappa shape index (κ2) is 7.87. The second-order valence-corrected chi connectivity index (χ2v) is 4.97. The lowest BCUT2D eigenvalue weighted by molar-refractivity contribution is -0.115. The van der Waals surface area contributed by atoms with Gasteiger partial charge in [-0.1, -0.05) is 12.1 Å². The van der Waals surface area contributed by atoms with Gasteiger partial charge in [-0.2, -0.15) is 0 Å². The van der Waals surface area contributed by atoms with Crippen molar-refractivity contribution >= 4 is 29.1 Å². The van der Waals surface area contributed by atoms with Crippen molar-refractivity contribution in [1.29, 1.82) is 0 Å². The number of rotatable bonds is 5. The van der Waals surface area contributed by atoms with Crippen molar-refractivity contribution in [2.45, 2.75) is 6.92 Å². The third kappa shape index (κ3) is 4.91. The number of nitrogens with one attached hydrogen (secondary N) is 3. The van der Waals surface area contributed by atoms with Crippen LogP contribution in [0.5, 0.6) is 0 Å². The lowest BCUT2D eigenvalue weighted by Crippen LogP contribution is -2.33. The third-order valence-corrected chi connectivity index (χ3v) is 3.02. The minimum atomic E-state index is -0.663. The Morgan fingerprint density at radius 1 is 0.917 bits per heavy atom. The first-order chi connectivity index (χ1) is 11.5. The molecular formula is C17H16FN3O3. The number of hydrogen-bond acceptors (Lipinski definition) is 3. The average Bonchev–Trinajstić information content (AvgIpc) is 2.54. The van der Waals surface area contributed by atoms with Gasteiger partial charge in [0, 0.05) is 18.3 Å². The van der Waals surface area contributed by atoms with E-state index in [1.54, 1.807) is 24.3 Å². The van der Waals surface area contributed by atoms with Crippen molar-refractivity contribution in [2.24, 2.45) is 0 Å². The van der Waals surface area contributed by atoms with Gasteiger partial charge in [-0.05, 0) is 36.4 Å². The van der Waals surface area contributed by atoms with Crippen LogP contribution in [0.15, 0.2) is 48.5 Å². The first-order valence-electron chi connectivity index (χ1n) is 7.16. The molecule has 2 aromatic carbocycles. The Bertz CT molecular complexity index is 760. The van der Waals surface area contributed by atoms with Crippen molar-refractivity contribution in [3.63, 3.8) is 0 Å². The van der Waals surface area contributed by atoms with Gasteiger partial charge in [0.15, 0.2) is 0 Å². The maximum absolute atomic E-state index is 13.4. The number of carbonyl (C=O) groups excluding carboxylic acids is 3. The number of anilines is 2. The molecule has 0 aliphatic carbocycles. The van der Waals surface area contributed by atoms with E-state index < -0.39 is 17.6 Å². The van der Waals surface area contributed by atoms with E-state index in [1.807, 2.05) is 0 Å². The van der Waals surface area contributed by atoms with Crippen LogP contribution < -0.4 is 16.0 Å². The molecule has 0 spiro atoms. The quantitative estimate of drug-likeness (QED) is 0.785. The molecule has 124 valence electrons. The third-order valence-electron chi connectivity index (χ3n) is 3.02. The van der Waals surface area contributed by atoms with E-state index in [9.17, 15) is 18.8 Å². The molecule has 0 radical (unpaired) electrons. The molecule has 2 rings (SSSR count). The highest BCUT2D eigenvalue weighted by molar-refractivity contribution is 5.99. The number of carbonyl (C=O) groups is 3. The summed E-state index contributed by atoms with van der Waals surface area (Å²) in [6.07, 6.45) is 0. The van der Waals surface area contributed by atoms with Crippen molar-refractivity contribution in [1.82, 2.24) is 5.32 Å². The van der Waals surface area contributed by atoms with Gasteiger partial charge < -0.3 is 16.0 Å². The van der Waals surface area contributed by atoms with Gasteiger partial charge in [-0.25, -0.2) is 4.39 Å². The summed E-state index contributed by atoms with van der Waals surface area (Å²) in [5.74, 6) is -1.96. The molecule has 24 heavy (non-hydrogen) atoms. The summed E-state index contributed by atoms with van der Waals surface area (Å²) >= 11 is 0. The van der Waals surface area contributed by atoms with Crippen LogP contribution in [0.4, 0.5) is 15.8 Å². The van der Waals surface area contributed by atoms with Gasteiger partial charge in [0.1, 0.15) is 5.82 Å². The zero-order valence-corrected chi connectivity index (χ0v) is 12.9. The Balaban J connectivity index is 1.86. The van der Waals surface area contributed by atoms with Crippen LogP contribution in [-0.2, 0) is 9.59 Å². The highest BCUT2D eigenvalue weighted by Crippen LogP contribution is 2.13. The van der Waals surface area contributed by atoms with Crippen LogP contribution in [0.25, 0.3) is 0 Å². The number of amides is 3. The molecule has 0 bridgehead atoms. The smallest absolute Gasteiger partial charge is 0.254 e. The molecule has 0 heterocycles. The fraction of sp³-hybridized carbons (Fsp3) is 0.118. The van der Waals surface area contributed by atoms with Crippen LogP contribution in [0.1, 0.15) is 17.3 Å². The normalized spacial score (nSPS) is 9.92. The summed E-state index contributed by atoms with van der Waals surface area (Å²) < 4.78 is 13.4. The maximum Gasteiger partial charge on any atom is 0.254 e. The summed E-state index contributed by atoms with van der Waals surface area (Å²) in [5, 5.41) is 7.54. The minimum Gasteiger partial charge on any atom is -0.343 e. The van der Waals surface area contributed by atoms with E-state index in [1.165, 1.54) is 31.2 Å². The highest BCUT2D eigenvalue weighted by Gasteiger charge is 2.12. The lowest BCUT2D eigenvalue weighted by Gasteiger charge is -2.08. The molecule has 0 saturated heterocycles. The second-order valence-electron chi connectivity index (χ2n) is 4.97. The van der Waals surface area contributed by atoms with Gasteiger partial charge in [-0.15, -0.1) is 0 Å². The topological polar surface area (TPSA) is 87.3 Å². The van der Waals surface area contributed by atoms with Crippen molar-refractivity contribution in [2.75, 3.05) is 17.2 Å². The first-order valence-corrected chi connectivity index (χ1v) is 7.16. The Morgan fingerprint density at radius 3 is 2.08 bits per heavy atom. The number of hydrogen-bond donors (Lipinski definition) is 3. The van der Waals surface area contributed by atoms with Gasteiger partial charge >= 0.3 is 0 Å². The maximum atomic E-state index is 13.4. The van der Waals surface area contributed by atoms with Crippen LogP contribution in [-0.4, -0.2) is 24.3 Å². The highest BCUT2D eigenvalue weighted by atomic mass is 19.1. The Labute approximate surface area is 138 Å². The first kappa shape index (κ1) is 17.1. The molecule has 7 heteroatoms. The summed E-state index contributed by atoms with van der Waals surface area (Å²) in [6.45, 7) is 1.11. The van der Waals surface area contributed by atoms with Crippen LogP contribution >= 0.6 is 0 Å². The molecule has 0 aliphatic rings. The Hall–Kier alpha value is -3.22. The van der Waals surface area contributed by atoms with E-state index in [0.717, 1.165) is 0 Å². The molecule has 6 nitrogen and oxygen atoms in total. The van der Waals surface area contributed by atoms with Gasteiger partial charge in [0.25, 0.3) is 5.91 Å². The predicted molar refractivity (Wildman–Crippen MR) is 88.1 cm³/mol. The van der Waals surface area contributed by atoms with E-state index in [4.69, 9.17) is 0 Å². The minimum absolute atomic E-state index is 0.120. The molecule has 0 saturated carbocycles. The fourth-order valence-corrected chi connectivity index (χ4v) is 1.95. The number of halogens is 1. The summed E-state index contributed by atoms with van der Waals surface area (Å²) in [4.78, 5) is 34.5. The van der Waals surface area contributed by atoms with Crippen molar-refractivity contribution in [3.8, 4) is 0 Å². The SMILES string of the molecule is CC(=O)Nc1ccc(NC(=O)CNC(=O)c2ccccc2F)cc1. The van der Waals surface area contributed by atoms with E-state index >= 15 is 0 Å². The van der Waals surface area contributed by atoms with Gasteiger partial charge in [-0.3, -0.25) is 14.4 Å². The summed E-state index contributed by atoms with van der Waals surface area (Å²) in [5.41, 5.74) is 0.993. The Kier molecular flexibility index (Phi) is 5.62. The van der Waals surface area contributed by atoms with E-state index in [2.05, 4.69) is 16.0 Å². The Morgan fingerprint density at radius 2 is 1.50 bits per heavy atom. The number of benzene rings is 2. The van der Waals surface area contributed by atoms with E-state index in [-0.39, 0.29) is 18.0 Å². The van der Waals surface area contributed by atoms with Crippen molar-refractivity contribution < 1.29 is 18.8 Å². The van der Waals surface area contributed by atoms with Gasteiger partial charge in [0.2, 0.25) is 11.8 Å². The monoisotopic (exact) mass is 329 g/mol. The van der Waals surface area contributed by atoms with Crippen LogP contribution in [0, 0.1) is 5.82 Å². The molecule has 0 fully saturated rings. The summed E-state index contributed by atoms with van der Waals surface area (Å²) in [7, 11) is 0. The molecular weight excluding hydrogens is 313 g/mol. The zero-order chi connectivity index (χ0) is 17.5. The molecule has 0 atom stereocenters. The molecule has 3 amide bonds. The van der Waals surface area contributed by atoms with E-state index in [0.29, 0.717) is 11.4 Å². The standard InChI is InChI=1S/C17H16FN3O3/c1-11(22)20-12-6-8-13(9-7-12)21-16(23)10-19-17(24)14-4-2-3-5-15(14)18/h2-9H,10H2,1H3,(H,19,24)(H,20,22)(H,21,23). The van der Waals surface area contributed by atoms with Crippen LogP contribution in [0.3, 0.4) is 0 Å². The molecule has 3 N–H and O–H groups in total.